The SMILES string of the molecule is NCCC[C@H](N)CC(=O)N[C@H]1CNC(=O)[C@H]([C@H]2C[C@H](O)N=C(N)N2)NC(=O)/C(=C/NC(N)=O)NC(=O)[C@H](CO)NC(=O)[C@H](CO)NC1=O.O=C(O)c1ccncc1. The van der Waals surface area contributed by atoms with Gasteiger partial charge in [-0.25, -0.2) is 14.6 Å². The third-order valence-electron chi connectivity index (χ3n) is 7.84. The summed E-state index contributed by atoms with van der Waals surface area (Å²) in [5.41, 5.74) is 21.8. The molecule has 0 saturated carbocycles. The number of guanidine groups is 1. The van der Waals surface area contributed by atoms with Gasteiger partial charge in [0.15, 0.2) is 12.2 Å². The molecule has 1 saturated heterocycles. The third kappa shape index (κ3) is 16.0. The van der Waals surface area contributed by atoms with Crippen LogP contribution in [-0.4, -0.2) is 148 Å². The molecule has 1 fully saturated rings. The van der Waals surface area contributed by atoms with Crippen molar-refractivity contribution in [1.29, 1.82) is 0 Å². The highest BCUT2D eigenvalue weighted by Crippen LogP contribution is 2.11. The molecule has 8 amide bonds. The quantitative estimate of drug-likeness (QED) is 0.0923. The Morgan fingerprint density at radius 2 is 1.58 bits per heavy atom. The van der Waals surface area contributed by atoms with Crippen molar-refractivity contribution in [1.82, 2.24) is 47.5 Å². The number of rotatable bonds is 11. The molecule has 20 N–H and O–H groups in total. The number of nitrogens with one attached hydrogen (secondary N) is 8. The predicted octanol–water partition coefficient (Wildman–Crippen LogP) is -8.10. The number of aliphatic hydroxyl groups excluding tert-OH is 3. The van der Waals surface area contributed by atoms with Crippen LogP contribution in [-0.2, 0) is 28.8 Å². The predicted molar refractivity (Wildman–Crippen MR) is 195 cm³/mol. The highest BCUT2D eigenvalue weighted by atomic mass is 16.4. The van der Waals surface area contributed by atoms with Crippen molar-refractivity contribution in [3.8, 4) is 0 Å². The second kappa shape index (κ2) is 23.4. The Balaban J connectivity index is 0.00000109. The van der Waals surface area contributed by atoms with Gasteiger partial charge in [-0.2, -0.15) is 0 Å². The lowest BCUT2D eigenvalue weighted by molar-refractivity contribution is -0.135. The fourth-order valence-electron chi connectivity index (χ4n) is 4.96. The lowest BCUT2D eigenvalue weighted by atomic mass is 10.0. The Kier molecular flexibility index (Phi) is 19.2. The number of primary amides is 1. The van der Waals surface area contributed by atoms with Gasteiger partial charge in [-0.15, -0.1) is 0 Å². The van der Waals surface area contributed by atoms with Crippen molar-refractivity contribution in [2.24, 2.45) is 27.9 Å². The van der Waals surface area contributed by atoms with Crippen LogP contribution in [0.15, 0.2) is 41.4 Å². The Labute approximate surface area is 324 Å². The van der Waals surface area contributed by atoms with Crippen molar-refractivity contribution >= 4 is 53.4 Å². The van der Waals surface area contributed by atoms with Crippen molar-refractivity contribution in [3.05, 3.63) is 42.0 Å². The zero-order chi connectivity index (χ0) is 42.7. The van der Waals surface area contributed by atoms with Gasteiger partial charge in [0.25, 0.3) is 5.91 Å². The van der Waals surface area contributed by atoms with Gasteiger partial charge in [0, 0.05) is 44.0 Å². The second-order valence-electron chi connectivity index (χ2n) is 12.3. The lowest BCUT2D eigenvalue weighted by Crippen LogP contribution is -2.64. The zero-order valence-electron chi connectivity index (χ0n) is 30.3. The number of urea groups is 1. The van der Waals surface area contributed by atoms with Crippen LogP contribution < -0.4 is 65.5 Å². The van der Waals surface area contributed by atoms with E-state index >= 15 is 0 Å². The number of amides is 8. The standard InChI is InChI=1S/C25H43N13O10.C6H5NO2/c26-3-1-2-10(27)4-16(41)32-12-6-30-23(47)18(11-5-17(42)37-24(28)36-11)38-20(44)13(7-31-25(29)48)33-21(45)14(8-39)35-22(46)15(9-40)34-19(12)43;8-6(9)5-1-3-7-4-2-5/h7,10-12,14-15,17-18,39-40,42H,1-6,8-9,26-27H2,(H,30,47)(H,32,41)(H,33,45)(H,34,43)(H,35,46)(H,38,44)(H3,28,36,37)(H3,29,31,48);1-4H,(H,8,9)/b13-7-;/t10-,11+,12-,14-,15-,17-,18-;/m0./s1. The number of hydrogen-bond acceptors (Lipinski definition) is 17. The molecule has 0 aliphatic carbocycles. The molecule has 3 rings (SSSR count). The molecule has 26 heteroatoms. The van der Waals surface area contributed by atoms with Crippen LogP contribution in [0.25, 0.3) is 0 Å². The average Bonchev–Trinajstić information content (AvgIpc) is 3.16. The van der Waals surface area contributed by atoms with E-state index in [1.165, 1.54) is 24.5 Å². The highest BCUT2D eigenvalue weighted by Gasteiger charge is 2.37. The number of aliphatic imine (C=N–C) groups is 1. The maximum atomic E-state index is 13.6. The van der Waals surface area contributed by atoms with Gasteiger partial charge in [0.05, 0.1) is 24.8 Å². The van der Waals surface area contributed by atoms with Crippen molar-refractivity contribution in [3.63, 3.8) is 0 Å². The molecule has 1 aromatic heterocycles. The van der Waals surface area contributed by atoms with Crippen LogP contribution in [0.4, 0.5) is 4.79 Å². The summed E-state index contributed by atoms with van der Waals surface area (Å²) in [5.74, 6) is -7.57. The van der Waals surface area contributed by atoms with Crippen LogP contribution in [0.5, 0.6) is 0 Å². The first-order valence-corrected chi connectivity index (χ1v) is 17.1. The summed E-state index contributed by atoms with van der Waals surface area (Å²) in [6.45, 7) is -2.36. The van der Waals surface area contributed by atoms with Gasteiger partial charge in [-0.1, -0.05) is 0 Å². The summed E-state index contributed by atoms with van der Waals surface area (Å²) >= 11 is 0. The number of carbonyl (C=O) groups excluding carboxylic acids is 7. The molecular formula is C31H48N14O12. The van der Waals surface area contributed by atoms with E-state index in [1.807, 2.05) is 5.32 Å². The Bertz CT molecular complexity index is 1660. The molecule has 0 spiro atoms. The van der Waals surface area contributed by atoms with Gasteiger partial charge in [0.1, 0.15) is 29.9 Å². The zero-order valence-corrected chi connectivity index (χ0v) is 30.3. The molecule has 3 heterocycles. The second-order valence-corrected chi connectivity index (χ2v) is 12.3. The first kappa shape index (κ1) is 46.7. The molecule has 0 aromatic carbocycles. The molecule has 2 aliphatic rings. The molecule has 7 atom stereocenters. The van der Waals surface area contributed by atoms with Gasteiger partial charge < -0.3 is 85.9 Å². The van der Waals surface area contributed by atoms with E-state index in [4.69, 9.17) is 28.0 Å². The Morgan fingerprint density at radius 1 is 0.947 bits per heavy atom. The first-order chi connectivity index (χ1) is 27.0. The van der Waals surface area contributed by atoms with Crippen molar-refractivity contribution in [2.45, 2.75) is 68.2 Å². The number of aromatic carboxylic acids is 1. The molecule has 2 aliphatic heterocycles. The van der Waals surface area contributed by atoms with Crippen molar-refractivity contribution in [2.75, 3.05) is 26.3 Å². The Hall–Kier alpha value is -6.48. The fourth-order valence-corrected chi connectivity index (χ4v) is 4.96. The number of carbonyl (C=O) groups is 8. The fraction of sp³-hybridized carbons (Fsp3) is 0.484. The van der Waals surface area contributed by atoms with Gasteiger partial charge in [-0.3, -0.25) is 33.8 Å². The Morgan fingerprint density at radius 3 is 2.14 bits per heavy atom. The first-order valence-electron chi connectivity index (χ1n) is 17.1. The van der Waals surface area contributed by atoms with E-state index in [0.717, 1.165) is 0 Å². The van der Waals surface area contributed by atoms with Crippen LogP contribution in [0.3, 0.4) is 0 Å². The van der Waals surface area contributed by atoms with Crippen LogP contribution in [0.1, 0.15) is 36.0 Å². The summed E-state index contributed by atoms with van der Waals surface area (Å²) in [7, 11) is 0. The molecule has 0 radical (unpaired) electrons. The summed E-state index contributed by atoms with van der Waals surface area (Å²) in [5, 5.41) is 56.3. The molecule has 1 aromatic rings. The number of pyridine rings is 1. The minimum atomic E-state index is -1.78. The monoisotopic (exact) mass is 808 g/mol. The van der Waals surface area contributed by atoms with Gasteiger partial charge in [-0.05, 0) is 31.5 Å². The number of carboxylic acid groups (broad SMARTS) is 1. The van der Waals surface area contributed by atoms with E-state index < -0.39 is 115 Å². The van der Waals surface area contributed by atoms with E-state index in [0.29, 0.717) is 25.6 Å². The summed E-state index contributed by atoms with van der Waals surface area (Å²) in [4.78, 5) is 108. The van der Waals surface area contributed by atoms with E-state index in [-0.39, 0.29) is 24.4 Å². The smallest absolute Gasteiger partial charge is 0.335 e. The molecule has 57 heavy (non-hydrogen) atoms. The number of nitrogens with zero attached hydrogens (tertiary/aromatic N) is 2. The number of nitrogens with two attached hydrogens (primary N) is 4. The maximum Gasteiger partial charge on any atom is 0.335 e. The summed E-state index contributed by atoms with van der Waals surface area (Å²) < 4.78 is 0. The minimum absolute atomic E-state index is 0.245. The van der Waals surface area contributed by atoms with E-state index in [9.17, 15) is 53.7 Å². The highest BCUT2D eigenvalue weighted by molar-refractivity contribution is 6.02. The number of aliphatic hydroxyl groups is 3. The van der Waals surface area contributed by atoms with E-state index in [2.05, 4.69) is 47.2 Å². The lowest BCUT2D eigenvalue weighted by Gasteiger charge is -2.33. The van der Waals surface area contributed by atoms with Crippen LogP contribution in [0, 0.1) is 0 Å². The maximum absolute atomic E-state index is 13.6. The van der Waals surface area contributed by atoms with Gasteiger partial charge >= 0.3 is 12.0 Å². The molecule has 0 unspecified atom stereocenters. The topological polar surface area (TPSA) is 443 Å². The number of aromatic nitrogens is 1. The normalized spacial score (nSPS) is 24.6. The molecule has 0 bridgehead atoms. The van der Waals surface area contributed by atoms with Crippen LogP contribution in [0.2, 0.25) is 0 Å². The largest absolute Gasteiger partial charge is 0.478 e. The molecule has 26 nitrogen and oxygen atoms in total. The minimum Gasteiger partial charge on any atom is -0.478 e. The van der Waals surface area contributed by atoms with Gasteiger partial charge in [0.2, 0.25) is 29.5 Å². The summed E-state index contributed by atoms with van der Waals surface area (Å²) in [6, 6.07) is -6.77. The van der Waals surface area contributed by atoms with Crippen LogP contribution >= 0.6 is 0 Å². The molecular weight excluding hydrogens is 760 g/mol. The summed E-state index contributed by atoms with van der Waals surface area (Å²) in [6.07, 6.45) is 2.56. The number of hydrogen-bond donors (Lipinski definition) is 16. The van der Waals surface area contributed by atoms with Crippen molar-refractivity contribution < 1.29 is 58.8 Å². The average molecular weight is 809 g/mol. The third-order valence-corrected chi connectivity index (χ3v) is 7.84. The number of carboxylic acids is 1. The molecule has 314 valence electrons. The van der Waals surface area contributed by atoms with E-state index in [1.54, 1.807) is 0 Å².